The predicted octanol–water partition coefficient (Wildman–Crippen LogP) is 2.11. The van der Waals surface area contributed by atoms with Crippen molar-refractivity contribution in [2.24, 2.45) is 0 Å². The molecule has 1 saturated carbocycles. The molecule has 1 saturated heterocycles. The van der Waals surface area contributed by atoms with Crippen molar-refractivity contribution in [1.29, 1.82) is 0 Å². The molecule has 1 aromatic carbocycles. The maximum atomic E-state index is 15.4. The van der Waals surface area contributed by atoms with E-state index in [1.165, 1.54) is 10.8 Å². The molecule has 0 radical (unpaired) electrons. The number of aromatic nitrogens is 1. The summed E-state index contributed by atoms with van der Waals surface area (Å²) in [4.78, 5) is 25.5. The van der Waals surface area contributed by atoms with Crippen LogP contribution in [0.4, 0.5) is 14.5 Å². The number of aromatic carboxylic acids is 1. The summed E-state index contributed by atoms with van der Waals surface area (Å²) in [5.41, 5.74) is -1.48. The lowest BCUT2D eigenvalue weighted by molar-refractivity contribution is 0.0695. The van der Waals surface area contributed by atoms with Crippen molar-refractivity contribution >= 4 is 22.6 Å². The zero-order valence-electron chi connectivity index (χ0n) is 14.3. The number of fused-ring (bicyclic) bond motifs is 1. The summed E-state index contributed by atoms with van der Waals surface area (Å²) in [6.07, 6.45) is 2.73. The van der Waals surface area contributed by atoms with Gasteiger partial charge in [-0.2, -0.15) is 0 Å². The van der Waals surface area contributed by atoms with E-state index in [0.717, 1.165) is 18.9 Å². The Hall–Kier alpha value is -2.48. The van der Waals surface area contributed by atoms with Crippen LogP contribution in [0.5, 0.6) is 0 Å². The maximum Gasteiger partial charge on any atom is 0.341 e. The number of benzene rings is 1. The van der Waals surface area contributed by atoms with Crippen LogP contribution in [0.15, 0.2) is 17.1 Å². The topological polar surface area (TPSA) is 74.6 Å². The molecule has 2 aliphatic rings. The third-order valence-electron chi connectivity index (χ3n) is 5.04. The highest BCUT2D eigenvalue weighted by Crippen LogP contribution is 2.39. The van der Waals surface area contributed by atoms with Crippen molar-refractivity contribution in [3.8, 4) is 0 Å². The normalized spacial score (nSPS) is 20.6. The van der Waals surface area contributed by atoms with Gasteiger partial charge in [0.25, 0.3) is 0 Å². The molecule has 8 heteroatoms. The fourth-order valence-electron chi connectivity index (χ4n) is 3.65. The molecule has 26 heavy (non-hydrogen) atoms. The highest BCUT2D eigenvalue weighted by atomic mass is 19.1. The van der Waals surface area contributed by atoms with Gasteiger partial charge in [0.15, 0.2) is 5.82 Å². The largest absolute Gasteiger partial charge is 0.477 e. The summed E-state index contributed by atoms with van der Waals surface area (Å²) in [5.74, 6) is -3.03. The lowest BCUT2D eigenvalue weighted by Crippen LogP contribution is -2.49. The van der Waals surface area contributed by atoms with Crippen LogP contribution in [0.3, 0.4) is 0 Å². The van der Waals surface area contributed by atoms with Gasteiger partial charge in [-0.3, -0.25) is 4.79 Å². The first-order valence-electron chi connectivity index (χ1n) is 8.67. The summed E-state index contributed by atoms with van der Waals surface area (Å²) in [6, 6.07) is 0.998. The van der Waals surface area contributed by atoms with Gasteiger partial charge < -0.3 is 19.9 Å². The van der Waals surface area contributed by atoms with Gasteiger partial charge in [-0.1, -0.05) is 0 Å². The summed E-state index contributed by atoms with van der Waals surface area (Å²) < 4.78 is 31.6. The summed E-state index contributed by atoms with van der Waals surface area (Å²) in [7, 11) is 0. The molecule has 0 spiro atoms. The van der Waals surface area contributed by atoms with Crippen molar-refractivity contribution in [1.82, 2.24) is 9.88 Å². The second-order valence-electron chi connectivity index (χ2n) is 7.03. The number of carboxylic acids is 1. The highest BCUT2D eigenvalue weighted by molar-refractivity contribution is 5.94. The van der Waals surface area contributed by atoms with E-state index in [2.05, 4.69) is 5.32 Å². The van der Waals surface area contributed by atoms with Crippen molar-refractivity contribution in [3.63, 3.8) is 0 Å². The smallest absolute Gasteiger partial charge is 0.341 e. The van der Waals surface area contributed by atoms with Gasteiger partial charge in [0.1, 0.15) is 17.1 Å². The molecule has 2 aromatic rings. The SMILES string of the molecule is C[C@@H]1CN(c2c(F)cc3c(=O)c(C(=O)O)cn(C4CC4)c3c2F)CCN1. The number of nitrogens with zero attached hydrogens (tertiary/aromatic N) is 2. The highest BCUT2D eigenvalue weighted by Gasteiger charge is 2.31. The average Bonchev–Trinajstić information content (AvgIpc) is 3.40. The van der Waals surface area contributed by atoms with E-state index in [1.807, 2.05) is 6.92 Å². The molecule has 1 aliphatic heterocycles. The number of halogens is 2. The van der Waals surface area contributed by atoms with Gasteiger partial charge in [-0.05, 0) is 25.8 Å². The van der Waals surface area contributed by atoms with Gasteiger partial charge in [0.05, 0.1) is 10.9 Å². The van der Waals surface area contributed by atoms with E-state index in [1.54, 1.807) is 4.90 Å². The molecule has 2 heterocycles. The first-order valence-corrected chi connectivity index (χ1v) is 8.67. The number of anilines is 1. The summed E-state index contributed by atoms with van der Waals surface area (Å²) in [5, 5.41) is 12.3. The maximum absolute atomic E-state index is 15.4. The Kier molecular flexibility index (Phi) is 3.95. The van der Waals surface area contributed by atoms with Crippen molar-refractivity contribution in [2.45, 2.75) is 31.8 Å². The van der Waals surface area contributed by atoms with Crippen molar-refractivity contribution < 1.29 is 18.7 Å². The van der Waals surface area contributed by atoms with Gasteiger partial charge >= 0.3 is 5.97 Å². The molecule has 1 aromatic heterocycles. The molecule has 2 fully saturated rings. The van der Waals surface area contributed by atoms with Crippen LogP contribution in [-0.2, 0) is 0 Å². The third kappa shape index (κ3) is 2.65. The van der Waals surface area contributed by atoms with Crippen LogP contribution in [0.25, 0.3) is 10.9 Å². The van der Waals surface area contributed by atoms with Crippen LogP contribution in [0, 0.1) is 11.6 Å². The van der Waals surface area contributed by atoms with Crippen LogP contribution in [-0.4, -0.2) is 41.3 Å². The molecular weight excluding hydrogens is 344 g/mol. The fraction of sp³-hybridized carbons (Fsp3) is 0.444. The van der Waals surface area contributed by atoms with Crippen molar-refractivity contribution in [2.75, 3.05) is 24.5 Å². The number of rotatable bonds is 3. The zero-order chi connectivity index (χ0) is 18.6. The molecule has 2 N–H and O–H groups in total. The number of piperazine rings is 1. The average molecular weight is 363 g/mol. The minimum Gasteiger partial charge on any atom is -0.477 e. The predicted molar refractivity (Wildman–Crippen MR) is 93.0 cm³/mol. The first-order chi connectivity index (χ1) is 12.4. The molecule has 4 rings (SSSR count). The molecule has 0 unspecified atom stereocenters. The van der Waals surface area contributed by atoms with Gasteiger partial charge in [-0.25, -0.2) is 13.6 Å². The quantitative estimate of drug-likeness (QED) is 0.874. The molecule has 6 nitrogen and oxygen atoms in total. The zero-order valence-corrected chi connectivity index (χ0v) is 14.3. The number of hydrogen-bond acceptors (Lipinski definition) is 4. The lowest BCUT2D eigenvalue weighted by atomic mass is 10.1. The Labute approximate surface area is 148 Å². The number of nitrogens with one attached hydrogen (secondary N) is 1. The Balaban J connectivity index is 2.00. The fourth-order valence-corrected chi connectivity index (χ4v) is 3.65. The van der Waals surface area contributed by atoms with E-state index in [4.69, 9.17) is 0 Å². The Bertz CT molecular complexity index is 969. The summed E-state index contributed by atoms with van der Waals surface area (Å²) >= 11 is 0. The molecular formula is C18H19F2N3O3. The third-order valence-corrected chi connectivity index (χ3v) is 5.04. The van der Waals surface area contributed by atoms with Gasteiger partial charge in [-0.15, -0.1) is 0 Å². The first kappa shape index (κ1) is 17.0. The van der Waals surface area contributed by atoms with E-state index < -0.39 is 28.6 Å². The van der Waals surface area contributed by atoms with E-state index in [9.17, 15) is 19.1 Å². The van der Waals surface area contributed by atoms with E-state index >= 15 is 4.39 Å². The van der Waals surface area contributed by atoms with E-state index in [0.29, 0.717) is 19.6 Å². The van der Waals surface area contributed by atoms with Gasteiger partial charge in [0.2, 0.25) is 5.43 Å². The Morgan fingerprint density at radius 2 is 2.08 bits per heavy atom. The van der Waals surface area contributed by atoms with Crippen molar-refractivity contribution in [3.05, 3.63) is 39.7 Å². The Morgan fingerprint density at radius 3 is 2.69 bits per heavy atom. The van der Waals surface area contributed by atoms with Crippen LogP contribution in [0.1, 0.15) is 36.2 Å². The molecule has 1 aliphatic carbocycles. The molecule has 0 amide bonds. The Morgan fingerprint density at radius 1 is 1.35 bits per heavy atom. The monoisotopic (exact) mass is 363 g/mol. The minimum absolute atomic E-state index is 0.00918. The van der Waals surface area contributed by atoms with Crippen LogP contribution < -0.4 is 15.6 Å². The number of hydrogen-bond donors (Lipinski definition) is 2. The number of carbonyl (C=O) groups is 1. The molecule has 1 atom stereocenters. The van der Waals surface area contributed by atoms with Crippen LogP contribution >= 0.6 is 0 Å². The minimum atomic E-state index is -1.40. The number of carboxylic acid groups (broad SMARTS) is 1. The molecule has 138 valence electrons. The van der Waals surface area contributed by atoms with Crippen LogP contribution in [0.2, 0.25) is 0 Å². The molecule has 0 bridgehead atoms. The standard InChI is InChI=1S/C18H19F2N3O3/c1-9-7-22(5-4-21-9)16-13(19)6-11-15(14(16)20)23(10-2-3-10)8-12(17(11)24)18(25)26/h6,8-10,21H,2-5,7H2,1H3,(H,25,26)/t9-/m1/s1. The van der Waals surface area contributed by atoms with Gasteiger partial charge in [0, 0.05) is 37.9 Å². The lowest BCUT2D eigenvalue weighted by Gasteiger charge is -2.34. The number of pyridine rings is 1. The second-order valence-corrected chi connectivity index (χ2v) is 7.03. The summed E-state index contributed by atoms with van der Waals surface area (Å²) in [6.45, 7) is 3.43. The second kappa shape index (κ2) is 6.05. The van der Waals surface area contributed by atoms with E-state index in [-0.39, 0.29) is 28.7 Å².